The fraction of sp³-hybridized carbons (Fsp3) is 0.900. The first-order valence-corrected chi connectivity index (χ1v) is 5.01. The van der Waals surface area contributed by atoms with Crippen LogP contribution in [0.25, 0.3) is 0 Å². The van der Waals surface area contributed by atoms with Crippen LogP contribution in [0.5, 0.6) is 0 Å². The zero-order chi connectivity index (χ0) is 10.1. The number of hydrogen-bond acceptors (Lipinski definition) is 3. The first-order chi connectivity index (χ1) is 6.24. The van der Waals surface area contributed by atoms with Gasteiger partial charge in [0, 0.05) is 6.54 Å². The third-order valence-corrected chi connectivity index (χ3v) is 2.10. The highest BCUT2D eigenvalue weighted by molar-refractivity contribution is 4.81. The molecule has 0 aromatic heterocycles. The Kier molecular flexibility index (Phi) is 7.66. The van der Waals surface area contributed by atoms with E-state index in [1.165, 1.54) is 0 Å². The van der Waals surface area contributed by atoms with Crippen LogP contribution in [-0.2, 0) is 0 Å². The van der Waals surface area contributed by atoms with E-state index in [-0.39, 0.29) is 5.92 Å². The minimum absolute atomic E-state index is 0.148. The van der Waals surface area contributed by atoms with Gasteiger partial charge in [-0.2, -0.15) is 5.26 Å². The van der Waals surface area contributed by atoms with Crippen molar-refractivity contribution in [1.29, 1.82) is 5.26 Å². The Morgan fingerprint density at radius 1 is 1.54 bits per heavy atom. The average Bonchev–Trinajstić information content (AvgIpc) is 2.16. The molecule has 0 bridgehead atoms. The third-order valence-electron chi connectivity index (χ3n) is 2.10. The Hall–Kier alpha value is -0.590. The Balaban J connectivity index is 3.58. The summed E-state index contributed by atoms with van der Waals surface area (Å²) in [4.78, 5) is 2.32. The van der Waals surface area contributed by atoms with E-state index in [0.29, 0.717) is 0 Å². The quantitative estimate of drug-likeness (QED) is 0.600. The summed E-state index contributed by atoms with van der Waals surface area (Å²) < 4.78 is 0. The Morgan fingerprint density at radius 3 is 2.69 bits per heavy atom. The summed E-state index contributed by atoms with van der Waals surface area (Å²) in [6.07, 6.45) is 1.16. The third kappa shape index (κ3) is 6.56. The van der Waals surface area contributed by atoms with Crippen molar-refractivity contribution in [2.75, 3.05) is 33.2 Å². The van der Waals surface area contributed by atoms with Crippen molar-refractivity contribution >= 4 is 0 Å². The van der Waals surface area contributed by atoms with Crippen LogP contribution in [0.4, 0.5) is 0 Å². The summed E-state index contributed by atoms with van der Waals surface area (Å²) in [7, 11) is 1.97. The second kappa shape index (κ2) is 8.03. The van der Waals surface area contributed by atoms with Crippen molar-refractivity contribution in [1.82, 2.24) is 10.2 Å². The van der Waals surface area contributed by atoms with Crippen LogP contribution >= 0.6 is 0 Å². The number of nitrogens with zero attached hydrogens (tertiary/aromatic N) is 2. The molecular formula is C10H21N3. The van der Waals surface area contributed by atoms with E-state index in [2.05, 4.69) is 23.2 Å². The van der Waals surface area contributed by atoms with Gasteiger partial charge in [-0.1, -0.05) is 6.92 Å². The second-order valence-electron chi connectivity index (χ2n) is 3.38. The normalized spacial score (nSPS) is 12.8. The molecule has 0 aliphatic carbocycles. The lowest BCUT2D eigenvalue weighted by atomic mass is 10.2. The van der Waals surface area contributed by atoms with Gasteiger partial charge in [0.25, 0.3) is 0 Å². The van der Waals surface area contributed by atoms with E-state index < -0.39 is 0 Å². The Morgan fingerprint density at radius 2 is 2.23 bits per heavy atom. The molecule has 0 heterocycles. The van der Waals surface area contributed by atoms with E-state index in [4.69, 9.17) is 5.26 Å². The summed E-state index contributed by atoms with van der Waals surface area (Å²) in [5.41, 5.74) is 0. The minimum atomic E-state index is 0.148. The van der Waals surface area contributed by atoms with Gasteiger partial charge in [0.05, 0.1) is 12.0 Å². The molecule has 0 radical (unpaired) electrons. The van der Waals surface area contributed by atoms with Gasteiger partial charge in [-0.15, -0.1) is 0 Å². The molecule has 1 unspecified atom stereocenters. The SMILES string of the molecule is CCN(CCCNC)CC(C)C#N. The lowest BCUT2D eigenvalue weighted by molar-refractivity contribution is 0.265. The van der Waals surface area contributed by atoms with Crippen LogP contribution in [0.15, 0.2) is 0 Å². The van der Waals surface area contributed by atoms with Crippen molar-refractivity contribution < 1.29 is 0 Å². The van der Waals surface area contributed by atoms with E-state index >= 15 is 0 Å². The summed E-state index contributed by atoms with van der Waals surface area (Å²) >= 11 is 0. The topological polar surface area (TPSA) is 39.1 Å². The maximum Gasteiger partial charge on any atom is 0.0666 e. The molecule has 0 aromatic rings. The smallest absolute Gasteiger partial charge is 0.0666 e. The summed E-state index contributed by atoms with van der Waals surface area (Å²) in [6, 6.07) is 2.26. The molecule has 0 aliphatic heterocycles. The molecule has 0 aromatic carbocycles. The van der Waals surface area contributed by atoms with Crippen LogP contribution in [-0.4, -0.2) is 38.1 Å². The monoisotopic (exact) mass is 183 g/mol. The molecule has 0 aliphatic rings. The van der Waals surface area contributed by atoms with E-state index in [1.54, 1.807) is 0 Å². The molecule has 0 saturated heterocycles. The maximum absolute atomic E-state index is 8.66. The molecule has 1 N–H and O–H groups in total. The van der Waals surface area contributed by atoms with Crippen LogP contribution in [0.3, 0.4) is 0 Å². The van der Waals surface area contributed by atoms with Gasteiger partial charge in [-0.25, -0.2) is 0 Å². The van der Waals surface area contributed by atoms with Gasteiger partial charge in [-0.05, 0) is 40.0 Å². The Labute approximate surface area is 81.7 Å². The summed E-state index contributed by atoms with van der Waals surface area (Å²) in [5, 5.41) is 11.8. The fourth-order valence-corrected chi connectivity index (χ4v) is 1.29. The first-order valence-electron chi connectivity index (χ1n) is 5.01. The van der Waals surface area contributed by atoms with Gasteiger partial charge < -0.3 is 10.2 Å². The molecule has 0 fully saturated rings. The van der Waals surface area contributed by atoms with Crippen molar-refractivity contribution in [3.63, 3.8) is 0 Å². The van der Waals surface area contributed by atoms with Gasteiger partial charge in [0.15, 0.2) is 0 Å². The summed E-state index contributed by atoms with van der Waals surface area (Å²) in [6.45, 7) is 8.19. The van der Waals surface area contributed by atoms with Crippen LogP contribution in [0.2, 0.25) is 0 Å². The predicted molar refractivity (Wildman–Crippen MR) is 55.4 cm³/mol. The van der Waals surface area contributed by atoms with E-state index in [9.17, 15) is 0 Å². The zero-order valence-electron chi connectivity index (χ0n) is 9.01. The number of hydrogen-bond donors (Lipinski definition) is 1. The van der Waals surface area contributed by atoms with Crippen molar-refractivity contribution in [2.24, 2.45) is 5.92 Å². The second-order valence-corrected chi connectivity index (χ2v) is 3.38. The molecule has 0 amide bonds. The largest absolute Gasteiger partial charge is 0.320 e. The highest BCUT2D eigenvalue weighted by Crippen LogP contribution is 1.98. The molecule has 0 rings (SSSR count). The van der Waals surface area contributed by atoms with Gasteiger partial charge >= 0.3 is 0 Å². The molecular weight excluding hydrogens is 162 g/mol. The van der Waals surface area contributed by atoms with Crippen molar-refractivity contribution in [3.8, 4) is 6.07 Å². The number of nitriles is 1. The maximum atomic E-state index is 8.66. The zero-order valence-corrected chi connectivity index (χ0v) is 9.01. The van der Waals surface area contributed by atoms with Gasteiger partial charge in [0.2, 0.25) is 0 Å². The van der Waals surface area contributed by atoms with Gasteiger partial charge in [0.1, 0.15) is 0 Å². The molecule has 76 valence electrons. The molecule has 1 atom stereocenters. The molecule has 3 nitrogen and oxygen atoms in total. The first kappa shape index (κ1) is 12.4. The molecule has 0 spiro atoms. The predicted octanol–water partition coefficient (Wildman–Crippen LogP) is 1.08. The van der Waals surface area contributed by atoms with Crippen LogP contribution < -0.4 is 5.32 Å². The van der Waals surface area contributed by atoms with E-state index in [0.717, 1.165) is 32.6 Å². The molecule has 13 heavy (non-hydrogen) atoms. The van der Waals surface area contributed by atoms with Crippen molar-refractivity contribution in [2.45, 2.75) is 20.3 Å². The Bertz CT molecular complexity index is 151. The van der Waals surface area contributed by atoms with Crippen LogP contribution in [0, 0.1) is 17.2 Å². The van der Waals surface area contributed by atoms with Crippen LogP contribution in [0.1, 0.15) is 20.3 Å². The number of rotatable bonds is 7. The lowest BCUT2D eigenvalue weighted by Crippen LogP contribution is -2.30. The minimum Gasteiger partial charge on any atom is -0.320 e. The average molecular weight is 183 g/mol. The summed E-state index contributed by atoms with van der Waals surface area (Å²) in [5.74, 6) is 0.148. The van der Waals surface area contributed by atoms with Crippen molar-refractivity contribution in [3.05, 3.63) is 0 Å². The van der Waals surface area contributed by atoms with E-state index in [1.807, 2.05) is 14.0 Å². The highest BCUT2D eigenvalue weighted by atomic mass is 15.1. The number of nitrogens with one attached hydrogen (secondary N) is 1. The van der Waals surface area contributed by atoms with Gasteiger partial charge in [-0.3, -0.25) is 0 Å². The molecule has 3 heteroatoms. The highest BCUT2D eigenvalue weighted by Gasteiger charge is 2.06. The molecule has 0 saturated carbocycles. The lowest BCUT2D eigenvalue weighted by Gasteiger charge is -2.21. The fourth-order valence-electron chi connectivity index (χ4n) is 1.29. The standard InChI is InChI=1S/C10H21N3/c1-4-13(7-5-6-12-3)9-10(2)8-11/h10,12H,4-7,9H2,1-3H3.